The second kappa shape index (κ2) is 6.50. The zero-order valence-corrected chi connectivity index (χ0v) is 10.2. The number of ether oxygens (including phenoxy) is 1. The Bertz CT molecular complexity index is 440. The summed E-state index contributed by atoms with van der Waals surface area (Å²) in [6, 6.07) is 4.97. The molecule has 0 aliphatic rings. The third-order valence-electron chi connectivity index (χ3n) is 2.20. The summed E-state index contributed by atoms with van der Waals surface area (Å²) in [5, 5.41) is 8.25. The number of nitriles is 1. The summed E-state index contributed by atoms with van der Waals surface area (Å²) in [5.41, 5.74) is -0.802. The highest BCUT2D eigenvalue weighted by Crippen LogP contribution is 2.34. The third kappa shape index (κ3) is 4.46. The lowest BCUT2D eigenvalue weighted by Crippen LogP contribution is -2.05. The van der Waals surface area contributed by atoms with Gasteiger partial charge in [-0.1, -0.05) is 11.6 Å². The molecule has 0 heterocycles. The van der Waals surface area contributed by atoms with Gasteiger partial charge in [-0.2, -0.15) is 18.4 Å². The molecule has 0 spiro atoms. The Kier molecular flexibility index (Phi) is 5.29. The Balaban J connectivity index is 2.56. The molecule has 0 radical (unpaired) electrons. The fourth-order valence-electron chi connectivity index (χ4n) is 1.28. The first-order valence-corrected chi connectivity index (χ1v) is 5.69. The zero-order chi connectivity index (χ0) is 13.6. The maximum atomic E-state index is 12.4. The van der Waals surface area contributed by atoms with Gasteiger partial charge in [0.15, 0.2) is 0 Å². The average molecular weight is 278 g/mol. The smallest absolute Gasteiger partial charge is 0.416 e. The fraction of sp³-hybridized carbons (Fsp3) is 0.417. The predicted octanol–water partition coefficient (Wildman–Crippen LogP) is 4.43. The van der Waals surface area contributed by atoms with Gasteiger partial charge in [-0.3, -0.25) is 0 Å². The number of nitrogens with zero attached hydrogens (tertiary/aromatic N) is 1. The van der Waals surface area contributed by atoms with Gasteiger partial charge in [0.1, 0.15) is 5.75 Å². The Morgan fingerprint density at radius 1 is 1.28 bits per heavy atom. The van der Waals surface area contributed by atoms with Crippen LogP contribution in [0.5, 0.6) is 5.75 Å². The first-order valence-electron chi connectivity index (χ1n) is 5.31. The molecule has 1 rings (SSSR count). The van der Waals surface area contributed by atoms with Crippen LogP contribution in [0.4, 0.5) is 13.2 Å². The molecule has 2 nitrogen and oxygen atoms in total. The Morgan fingerprint density at radius 2 is 2.00 bits per heavy atom. The summed E-state index contributed by atoms with van der Waals surface area (Å²) < 4.78 is 42.3. The Labute approximate surface area is 108 Å². The summed E-state index contributed by atoms with van der Waals surface area (Å²) >= 11 is 5.70. The predicted molar refractivity (Wildman–Crippen MR) is 61.4 cm³/mol. The van der Waals surface area contributed by atoms with Crippen molar-refractivity contribution in [1.29, 1.82) is 5.26 Å². The van der Waals surface area contributed by atoms with Gasteiger partial charge in [-0.25, -0.2) is 0 Å². The van der Waals surface area contributed by atoms with Crippen LogP contribution < -0.4 is 4.74 Å². The van der Waals surface area contributed by atoms with E-state index in [1.165, 1.54) is 6.07 Å². The molecule has 1 aromatic rings. The van der Waals surface area contributed by atoms with Crippen molar-refractivity contribution < 1.29 is 17.9 Å². The molecule has 98 valence electrons. The van der Waals surface area contributed by atoms with E-state index in [9.17, 15) is 13.2 Å². The lowest BCUT2D eigenvalue weighted by molar-refractivity contribution is -0.137. The van der Waals surface area contributed by atoms with Crippen molar-refractivity contribution in [3.05, 3.63) is 28.8 Å². The maximum Gasteiger partial charge on any atom is 0.416 e. The minimum absolute atomic E-state index is 0.0647. The molecule has 0 aromatic heterocycles. The third-order valence-corrected chi connectivity index (χ3v) is 2.50. The van der Waals surface area contributed by atoms with E-state index >= 15 is 0 Å². The molecule has 0 N–H and O–H groups in total. The lowest BCUT2D eigenvalue weighted by atomic mass is 10.2. The average Bonchev–Trinajstić information content (AvgIpc) is 2.29. The van der Waals surface area contributed by atoms with Gasteiger partial charge in [0.25, 0.3) is 0 Å². The van der Waals surface area contributed by atoms with E-state index in [1.807, 2.05) is 6.07 Å². The van der Waals surface area contributed by atoms with Gasteiger partial charge in [0.2, 0.25) is 0 Å². The standard InChI is InChI=1S/C12H11ClF3NO/c13-10-8-9(12(14,15)16)4-5-11(10)18-7-3-1-2-6-17/h4-5,8H,1-3,7H2. The molecule has 0 atom stereocenters. The quantitative estimate of drug-likeness (QED) is 0.746. The van der Waals surface area contributed by atoms with Crippen LogP contribution in [-0.4, -0.2) is 6.61 Å². The van der Waals surface area contributed by atoms with Crippen molar-refractivity contribution in [2.75, 3.05) is 6.61 Å². The van der Waals surface area contributed by atoms with Crippen LogP contribution in [0.3, 0.4) is 0 Å². The summed E-state index contributed by atoms with van der Waals surface area (Å²) in [6.45, 7) is 0.326. The molecule has 0 amide bonds. The first kappa shape index (κ1) is 14.7. The summed E-state index contributed by atoms with van der Waals surface area (Å²) in [7, 11) is 0. The largest absolute Gasteiger partial charge is 0.492 e. The number of unbranched alkanes of at least 4 members (excludes halogenated alkanes) is 2. The molecular weight excluding hydrogens is 267 g/mol. The number of hydrogen-bond acceptors (Lipinski definition) is 2. The lowest BCUT2D eigenvalue weighted by Gasteiger charge is -2.11. The minimum Gasteiger partial charge on any atom is -0.492 e. The molecule has 0 saturated carbocycles. The van der Waals surface area contributed by atoms with Crippen molar-refractivity contribution in [2.24, 2.45) is 0 Å². The van der Waals surface area contributed by atoms with E-state index in [2.05, 4.69) is 0 Å². The van der Waals surface area contributed by atoms with Crippen LogP contribution in [0.25, 0.3) is 0 Å². The van der Waals surface area contributed by atoms with Crippen LogP contribution in [0.15, 0.2) is 18.2 Å². The van der Waals surface area contributed by atoms with Gasteiger partial charge in [0.05, 0.1) is 23.3 Å². The van der Waals surface area contributed by atoms with Gasteiger partial charge < -0.3 is 4.74 Å². The van der Waals surface area contributed by atoms with Crippen molar-refractivity contribution in [1.82, 2.24) is 0 Å². The second-order valence-electron chi connectivity index (χ2n) is 3.61. The Morgan fingerprint density at radius 3 is 2.56 bits per heavy atom. The fourth-order valence-corrected chi connectivity index (χ4v) is 1.52. The minimum atomic E-state index is -4.41. The summed E-state index contributed by atoms with van der Waals surface area (Å²) in [4.78, 5) is 0. The van der Waals surface area contributed by atoms with Crippen LogP contribution in [0, 0.1) is 11.3 Å². The van der Waals surface area contributed by atoms with Crippen molar-refractivity contribution in [2.45, 2.75) is 25.4 Å². The molecule has 0 aliphatic carbocycles. The van der Waals surface area contributed by atoms with E-state index in [0.29, 0.717) is 25.9 Å². The molecule has 0 unspecified atom stereocenters. The normalized spacial score (nSPS) is 11.1. The van der Waals surface area contributed by atoms with Gasteiger partial charge >= 0.3 is 6.18 Å². The van der Waals surface area contributed by atoms with Crippen LogP contribution in [-0.2, 0) is 6.18 Å². The maximum absolute atomic E-state index is 12.4. The van der Waals surface area contributed by atoms with E-state index in [1.54, 1.807) is 0 Å². The van der Waals surface area contributed by atoms with E-state index in [0.717, 1.165) is 12.1 Å². The van der Waals surface area contributed by atoms with Crippen LogP contribution >= 0.6 is 11.6 Å². The van der Waals surface area contributed by atoms with Crippen molar-refractivity contribution >= 4 is 11.6 Å². The molecular formula is C12H11ClF3NO. The number of hydrogen-bond donors (Lipinski definition) is 0. The van der Waals surface area contributed by atoms with E-state index in [-0.39, 0.29) is 10.8 Å². The van der Waals surface area contributed by atoms with Crippen LogP contribution in [0.2, 0.25) is 5.02 Å². The number of alkyl halides is 3. The highest BCUT2D eigenvalue weighted by Gasteiger charge is 2.30. The molecule has 18 heavy (non-hydrogen) atoms. The van der Waals surface area contributed by atoms with Gasteiger partial charge in [0, 0.05) is 6.42 Å². The topological polar surface area (TPSA) is 33.0 Å². The number of benzene rings is 1. The van der Waals surface area contributed by atoms with Gasteiger partial charge in [-0.15, -0.1) is 0 Å². The van der Waals surface area contributed by atoms with Crippen molar-refractivity contribution in [3.8, 4) is 11.8 Å². The monoisotopic (exact) mass is 277 g/mol. The summed E-state index contributed by atoms with van der Waals surface area (Å²) in [5.74, 6) is 0.224. The SMILES string of the molecule is N#CCCCCOc1ccc(C(F)(F)F)cc1Cl. The molecule has 0 fully saturated rings. The first-order chi connectivity index (χ1) is 8.45. The van der Waals surface area contributed by atoms with Crippen molar-refractivity contribution in [3.63, 3.8) is 0 Å². The molecule has 0 saturated heterocycles. The second-order valence-corrected chi connectivity index (χ2v) is 4.01. The zero-order valence-electron chi connectivity index (χ0n) is 9.43. The number of halogens is 4. The molecule has 1 aromatic carbocycles. The Hall–Kier alpha value is -1.41. The van der Waals surface area contributed by atoms with E-state index < -0.39 is 11.7 Å². The molecule has 0 aliphatic heterocycles. The summed E-state index contributed by atoms with van der Waals surface area (Å²) in [6.07, 6.45) is -2.63. The highest BCUT2D eigenvalue weighted by molar-refractivity contribution is 6.32. The molecule has 6 heteroatoms. The van der Waals surface area contributed by atoms with Gasteiger partial charge in [-0.05, 0) is 31.0 Å². The van der Waals surface area contributed by atoms with E-state index in [4.69, 9.17) is 21.6 Å². The molecule has 0 bridgehead atoms. The highest BCUT2D eigenvalue weighted by atomic mass is 35.5. The van der Waals surface area contributed by atoms with Crippen LogP contribution in [0.1, 0.15) is 24.8 Å². The number of rotatable bonds is 5.